The molecule has 0 amide bonds. The third-order valence-electron chi connectivity index (χ3n) is 5.64. The Bertz CT molecular complexity index is 967. The predicted octanol–water partition coefficient (Wildman–Crippen LogP) is 7.58. The van der Waals surface area contributed by atoms with E-state index < -0.39 is 6.43 Å². The van der Waals surface area contributed by atoms with Crippen molar-refractivity contribution in [2.75, 3.05) is 11.9 Å². The molecule has 0 saturated heterocycles. The van der Waals surface area contributed by atoms with Gasteiger partial charge in [-0.25, -0.2) is 13.8 Å². The van der Waals surface area contributed by atoms with Crippen molar-refractivity contribution in [3.63, 3.8) is 0 Å². The van der Waals surface area contributed by atoms with Crippen LogP contribution in [-0.2, 0) is 0 Å². The fraction of sp³-hybridized carbons (Fsp3) is 0.423. The molecule has 2 aliphatic rings. The lowest BCUT2D eigenvalue weighted by Crippen LogP contribution is -2.34. The minimum atomic E-state index is -2.20. The molecule has 1 fully saturated rings. The van der Waals surface area contributed by atoms with E-state index in [9.17, 15) is 8.78 Å². The lowest BCUT2D eigenvalue weighted by atomic mass is 9.96. The van der Waals surface area contributed by atoms with Gasteiger partial charge in [0.15, 0.2) is 0 Å². The van der Waals surface area contributed by atoms with E-state index in [1.807, 2.05) is 13.1 Å². The van der Waals surface area contributed by atoms with Crippen LogP contribution in [-0.4, -0.2) is 24.0 Å². The van der Waals surface area contributed by atoms with Crippen molar-refractivity contribution in [3.8, 4) is 0 Å². The normalized spacial score (nSPS) is 16.5. The molecule has 0 radical (unpaired) electrons. The van der Waals surface area contributed by atoms with Gasteiger partial charge in [-0.15, -0.1) is 0 Å². The number of anilines is 1. The highest BCUT2D eigenvalue weighted by Gasteiger charge is 2.14. The van der Waals surface area contributed by atoms with Crippen molar-refractivity contribution >= 4 is 22.2 Å². The number of pyridine rings is 1. The Balaban J connectivity index is 0.000000362. The van der Waals surface area contributed by atoms with E-state index >= 15 is 0 Å². The number of hydrogen-bond donors (Lipinski definition) is 2. The first-order valence-electron chi connectivity index (χ1n) is 11.1. The summed E-state index contributed by atoms with van der Waals surface area (Å²) < 4.78 is 23.5. The Morgan fingerprint density at radius 2 is 1.94 bits per heavy atom. The van der Waals surface area contributed by atoms with Crippen LogP contribution < -0.4 is 10.6 Å². The smallest absolute Gasteiger partial charge is 0.250 e. The van der Waals surface area contributed by atoms with Gasteiger partial charge in [-0.1, -0.05) is 55.7 Å². The standard InChI is InChI=1S/C18H18N2.C8H15F2N.2H2/c1-12(2)20-18-10-17-9-15(6-7-16(17)11-19-18)14-5-4-13(3)8-14;9-8(10)6-11-7-4-2-1-3-5-7;;/h4-7,9-11H,1,8H2,2-3H3,(H,19,20);7-8,11H,1-6H2;2*1H. The van der Waals surface area contributed by atoms with E-state index in [4.69, 9.17) is 0 Å². The zero-order chi connectivity index (χ0) is 22.2. The van der Waals surface area contributed by atoms with E-state index in [-0.39, 0.29) is 9.40 Å². The lowest BCUT2D eigenvalue weighted by molar-refractivity contribution is 0.138. The highest BCUT2D eigenvalue weighted by molar-refractivity contribution is 5.88. The average molecular weight is 430 g/mol. The summed E-state index contributed by atoms with van der Waals surface area (Å²) in [6.45, 7) is 7.82. The number of allylic oxidation sites excluding steroid dienone is 5. The first-order valence-corrected chi connectivity index (χ1v) is 11.1. The van der Waals surface area contributed by atoms with Gasteiger partial charge in [-0.2, -0.15) is 0 Å². The van der Waals surface area contributed by atoms with Crippen LogP contribution in [0, 0.1) is 0 Å². The maximum atomic E-state index is 11.7. The molecule has 1 aromatic heterocycles. The van der Waals surface area contributed by atoms with Crippen LogP contribution in [0.3, 0.4) is 0 Å². The molecular weight excluding hydrogens is 392 g/mol. The van der Waals surface area contributed by atoms with Gasteiger partial charge >= 0.3 is 0 Å². The number of alkyl halides is 2. The topological polar surface area (TPSA) is 37.0 Å². The second kappa shape index (κ2) is 11.2. The van der Waals surface area contributed by atoms with Crippen molar-refractivity contribution in [1.82, 2.24) is 10.3 Å². The second-order valence-electron chi connectivity index (χ2n) is 8.55. The summed E-state index contributed by atoms with van der Waals surface area (Å²) >= 11 is 0. The minimum absolute atomic E-state index is 0. The number of fused-ring (bicyclic) bond motifs is 1. The van der Waals surface area contributed by atoms with Crippen molar-refractivity contribution in [1.29, 1.82) is 0 Å². The first-order chi connectivity index (χ1) is 14.9. The molecule has 1 heterocycles. The third-order valence-corrected chi connectivity index (χ3v) is 5.64. The molecule has 3 nitrogen and oxygen atoms in total. The van der Waals surface area contributed by atoms with Crippen LogP contribution in [0.4, 0.5) is 14.6 Å². The van der Waals surface area contributed by atoms with Crippen LogP contribution in [0.5, 0.6) is 0 Å². The van der Waals surface area contributed by atoms with Gasteiger partial charge in [0.05, 0.1) is 6.54 Å². The van der Waals surface area contributed by atoms with Gasteiger partial charge in [0, 0.05) is 26.2 Å². The summed E-state index contributed by atoms with van der Waals surface area (Å²) in [5.41, 5.74) is 4.99. The number of rotatable bonds is 6. The number of nitrogens with one attached hydrogen (secondary N) is 2. The highest BCUT2D eigenvalue weighted by Crippen LogP contribution is 2.30. The zero-order valence-electron chi connectivity index (χ0n) is 18.6. The molecular formula is C26H37F2N3. The Morgan fingerprint density at radius 1 is 1.16 bits per heavy atom. The molecule has 31 heavy (non-hydrogen) atoms. The number of benzene rings is 1. The predicted molar refractivity (Wildman–Crippen MR) is 132 cm³/mol. The average Bonchev–Trinajstić information content (AvgIpc) is 3.19. The van der Waals surface area contributed by atoms with E-state index in [2.05, 4.69) is 65.5 Å². The highest BCUT2D eigenvalue weighted by atomic mass is 19.3. The molecule has 1 aromatic carbocycles. The Labute approximate surface area is 187 Å². The SMILES string of the molecule is C=C(C)Nc1cc2cc(C3=CC=C(C)C3)ccc2cn1.FC(F)CNC1CCCCC1.[HH].[HH]. The van der Waals surface area contributed by atoms with Gasteiger partial charge in [-0.05, 0) is 61.8 Å². The summed E-state index contributed by atoms with van der Waals surface area (Å²) in [7, 11) is 0. The van der Waals surface area contributed by atoms with E-state index in [1.54, 1.807) is 0 Å². The maximum absolute atomic E-state index is 11.7. The fourth-order valence-corrected chi connectivity index (χ4v) is 4.05. The number of nitrogens with zero attached hydrogens (tertiary/aromatic N) is 1. The van der Waals surface area contributed by atoms with Crippen molar-refractivity contribution in [2.45, 2.75) is 64.8 Å². The molecule has 1 saturated carbocycles. The van der Waals surface area contributed by atoms with Crippen LogP contribution in [0.15, 0.2) is 60.5 Å². The molecule has 0 bridgehead atoms. The van der Waals surface area contributed by atoms with Crippen LogP contribution in [0.1, 0.15) is 60.8 Å². The van der Waals surface area contributed by atoms with E-state index in [1.165, 1.54) is 41.4 Å². The molecule has 0 aliphatic heterocycles. The zero-order valence-corrected chi connectivity index (χ0v) is 18.6. The van der Waals surface area contributed by atoms with E-state index in [0.29, 0.717) is 6.04 Å². The summed E-state index contributed by atoms with van der Waals surface area (Å²) in [6.07, 6.45) is 11.0. The third kappa shape index (κ3) is 7.28. The molecule has 2 aromatic rings. The van der Waals surface area contributed by atoms with Crippen molar-refractivity contribution in [2.24, 2.45) is 0 Å². The van der Waals surface area contributed by atoms with Gasteiger partial charge < -0.3 is 10.6 Å². The van der Waals surface area contributed by atoms with Gasteiger partial charge in [0.1, 0.15) is 5.82 Å². The molecule has 2 aliphatic carbocycles. The molecule has 0 spiro atoms. The van der Waals surface area contributed by atoms with Crippen molar-refractivity contribution < 1.29 is 11.6 Å². The minimum Gasteiger partial charge on any atom is -0.345 e. The Hall–Kier alpha value is -2.53. The number of aromatic nitrogens is 1. The van der Waals surface area contributed by atoms with E-state index in [0.717, 1.165) is 36.2 Å². The van der Waals surface area contributed by atoms with Crippen LogP contribution in [0.25, 0.3) is 16.3 Å². The number of hydrogen-bond acceptors (Lipinski definition) is 3. The van der Waals surface area contributed by atoms with Crippen LogP contribution in [0.2, 0.25) is 0 Å². The second-order valence-corrected chi connectivity index (χ2v) is 8.55. The monoisotopic (exact) mass is 429 g/mol. The summed E-state index contributed by atoms with van der Waals surface area (Å²) in [6, 6.07) is 8.98. The molecule has 4 rings (SSSR count). The summed E-state index contributed by atoms with van der Waals surface area (Å²) in [5, 5.41) is 8.39. The number of halogens is 2. The lowest BCUT2D eigenvalue weighted by Gasteiger charge is -2.22. The van der Waals surface area contributed by atoms with Crippen molar-refractivity contribution in [3.05, 3.63) is 66.0 Å². The van der Waals surface area contributed by atoms with Crippen LogP contribution >= 0.6 is 0 Å². The fourth-order valence-electron chi connectivity index (χ4n) is 4.05. The maximum Gasteiger partial charge on any atom is 0.250 e. The van der Waals surface area contributed by atoms with Gasteiger partial charge in [0.25, 0.3) is 6.43 Å². The molecule has 0 unspecified atom stereocenters. The molecule has 170 valence electrons. The molecule has 2 N–H and O–H groups in total. The summed E-state index contributed by atoms with van der Waals surface area (Å²) in [4.78, 5) is 4.39. The summed E-state index contributed by atoms with van der Waals surface area (Å²) in [5.74, 6) is 0.844. The van der Waals surface area contributed by atoms with Gasteiger partial charge in [-0.3, -0.25) is 0 Å². The first kappa shape index (κ1) is 23.1. The Morgan fingerprint density at radius 3 is 2.58 bits per heavy atom. The Kier molecular flexibility index (Phi) is 8.35. The quantitative estimate of drug-likeness (QED) is 0.497. The molecule has 0 atom stereocenters. The molecule has 5 heteroatoms. The van der Waals surface area contributed by atoms with Gasteiger partial charge in [0.2, 0.25) is 0 Å². The largest absolute Gasteiger partial charge is 0.345 e.